The van der Waals surface area contributed by atoms with Crippen LogP contribution in [0.1, 0.15) is 5.76 Å². The van der Waals surface area contributed by atoms with Gasteiger partial charge >= 0.3 is 0 Å². The second-order valence-corrected chi connectivity index (χ2v) is 4.12. The zero-order chi connectivity index (χ0) is 14.1. The van der Waals surface area contributed by atoms with Gasteiger partial charge in [-0.05, 0) is 13.0 Å². The fraction of sp³-hybridized carbons (Fsp3) is 0.0769. The summed E-state index contributed by atoms with van der Waals surface area (Å²) in [5.74, 6) is 1.28. The molecule has 0 atom stereocenters. The van der Waals surface area contributed by atoms with Crippen molar-refractivity contribution in [2.24, 2.45) is 0 Å². The molecular weight excluding hydrogens is 262 g/mol. The fourth-order valence-corrected chi connectivity index (χ4v) is 1.82. The normalized spacial score (nSPS) is 10.7. The summed E-state index contributed by atoms with van der Waals surface area (Å²) in [4.78, 5) is 14.5. The highest BCUT2D eigenvalue weighted by molar-refractivity contribution is 5.62. The van der Waals surface area contributed by atoms with Crippen LogP contribution in [0.5, 0.6) is 0 Å². The van der Waals surface area contributed by atoms with Crippen molar-refractivity contribution >= 4 is 5.69 Å². The van der Waals surface area contributed by atoms with Crippen molar-refractivity contribution in [3.05, 3.63) is 52.5 Å². The van der Waals surface area contributed by atoms with Gasteiger partial charge in [0.1, 0.15) is 5.76 Å². The van der Waals surface area contributed by atoms with Gasteiger partial charge in [0.15, 0.2) is 0 Å². The Labute approximate surface area is 113 Å². The molecular formula is C13H9N3O4. The van der Waals surface area contributed by atoms with E-state index in [0.29, 0.717) is 28.6 Å². The molecule has 0 N–H and O–H groups in total. The standard InChI is InChI=1S/C13H9N3O4/c1-8-11(5-6-19-8)13-14-12(15-20-13)9-3-2-4-10(7-9)16(17)18/h2-7H,1H3. The maximum Gasteiger partial charge on any atom is 0.270 e. The molecule has 0 bridgehead atoms. The first-order chi connectivity index (χ1) is 9.65. The van der Waals surface area contributed by atoms with Crippen molar-refractivity contribution in [1.82, 2.24) is 10.1 Å². The molecule has 7 nitrogen and oxygen atoms in total. The number of furan rings is 1. The zero-order valence-corrected chi connectivity index (χ0v) is 10.4. The van der Waals surface area contributed by atoms with Crippen molar-refractivity contribution in [3.8, 4) is 22.8 Å². The Morgan fingerprint density at radius 1 is 1.30 bits per heavy atom. The smallest absolute Gasteiger partial charge is 0.270 e. The maximum absolute atomic E-state index is 10.7. The number of non-ortho nitro benzene ring substituents is 1. The van der Waals surface area contributed by atoms with Crippen molar-refractivity contribution in [1.29, 1.82) is 0 Å². The molecule has 0 aliphatic heterocycles. The van der Waals surface area contributed by atoms with Gasteiger partial charge in [0.25, 0.3) is 11.6 Å². The first-order valence-corrected chi connectivity index (χ1v) is 5.78. The van der Waals surface area contributed by atoms with E-state index in [1.807, 2.05) is 0 Å². The molecule has 100 valence electrons. The first-order valence-electron chi connectivity index (χ1n) is 5.78. The van der Waals surface area contributed by atoms with Crippen molar-refractivity contribution < 1.29 is 13.9 Å². The topological polar surface area (TPSA) is 95.2 Å². The molecule has 3 aromatic rings. The van der Waals surface area contributed by atoms with Crippen LogP contribution in [-0.2, 0) is 0 Å². The van der Waals surface area contributed by atoms with Gasteiger partial charge in [0.05, 0.1) is 16.7 Å². The average Bonchev–Trinajstić information content (AvgIpc) is 3.07. The fourth-order valence-electron chi connectivity index (χ4n) is 1.82. The van der Waals surface area contributed by atoms with Gasteiger partial charge in [-0.25, -0.2) is 0 Å². The van der Waals surface area contributed by atoms with Crippen molar-refractivity contribution in [3.63, 3.8) is 0 Å². The lowest BCUT2D eigenvalue weighted by Gasteiger charge is -1.94. The first kappa shape index (κ1) is 12.1. The molecule has 3 rings (SSSR count). The summed E-state index contributed by atoms with van der Waals surface area (Å²) in [6.07, 6.45) is 1.53. The van der Waals surface area contributed by atoms with Crippen LogP contribution in [0.2, 0.25) is 0 Å². The summed E-state index contributed by atoms with van der Waals surface area (Å²) in [6, 6.07) is 7.79. The highest BCUT2D eigenvalue weighted by atomic mass is 16.6. The Kier molecular flexibility index (Phi) is 2.79. The number of nitro groups is 1. The zero-order valence-electron chi connectivity index (χ0n) is 10.4. The van der Waals surface area contributed by atoms with E-state index < -0.39 is 4.92 Å². The molecule has 0 aliphatic carbocycles. The van der Waals surface area contributed by atoms with E-state index >= 15 is 0 Å². The van der Waals surface area contributed by atoms with E-state index in [0.717, 1.165) is 0 Å². The third kappa shape index (κ3) is 2.05. The van der Waals surface area contributed by atoms with Gasteiger partial charge in [-0.15, -0.1) is 0 Å². The quantitative estimate of drug-likeness (QED) is 0.536. The summed E-state index contributed by atoms with van der Waals surface area (Å²) < 4.78 is 10.3. The Morgan fingerprint density at radius 2 is 2.15 bits per heavy atom. The van der Waals surface area contributed by atoms with E-state index in [-0.39, 0.29) is 5.69 Å². The Bertz CT molecular complexity index is 775. The third-order valence-corrected chi connectivity index (χ3v) is 2.83. The van der Waals surface area contributed by atoms with Gasteiger partial charge in [0, 0.05) is 17.7 Å². The minimum atomic E-state index is -0.468. The molecule has 0 amide bonds. The summed E-state index contributed by atoms with van der Waals surface area (Å²) in [5, 5.41) is 14.6. The summed E-state index contributed by atoms with van der Waals surface area (Å²) in [7, 11) is 0. The highest BCUT2D eigenvalue weighted by Crippen LogP contribution is 2.26. The molecule has 20 heavy (non-hydrogen) atoms. The Hall–Kier alpha value is -2.96. The van der Waals surface area contributed by atoms with Crippen LogP contribution in [0.25, 0.3) is 22.8 Å². The minimum absolute atomic E-state index is 0.0201. The van der Waals surface area contributed by atoms with Crippen LogP contribution < -0.4 is 0 Å². The lowest BCUT2D eigenvalue weighted by molar-refractivity contribution is -0.384. The Balaban J connectivity index is 2.00. The number of rotatable bonds is 3. The third-order valence-electron chi connectivity index (χ3n) is 2.83. The molecule has 0 saturated carbocycles. The van der Waals surface area contributed by atoms with E-state index in [2.05, 4.69) is 10.1 Å². The maximum atomic E-state index is 10.7. The number of hydrogen-bond donors (Lipinski definition) is 0. The van der Waals surface area contributed by atoms with Gasteiger partial charge in [-0.1, -0.05) is 17.3 Å². The molecule has 0 unspecified atom stereocenters. The monoisotopic (exact) mass is 271 g/mol. The molecule has 0 radical (unpaired) electrons. The van der Waals surface area contributed by atoms with Gasteiger partial charge < -0.3 is 8.94 Å². The number of nitrogens with zero attached hydrogens (tertiary/aromatic N) is 3. The largest absolute Gasteiger partial charge is 0.469 e. The van der Waals surface area contributed by atoms with E-state index in [9.17, 15) is 10.1 Å². The number of aromatic nitrogens is 2. The van der Waals surface area contributed by atoms with Crippen LogP contribution >= 0.6 is 0 Å². The molecule has 1 aromatic carbocycles. The van der Waals surface area contributed by atoms with Gasteiger partial charge in [0.2, 0.25) is 5.82 Å². The lowest BCUT2D eigenvalue weighted by Crippen LogP contribution is -1.88. The molecule has 0 aliphatic rings. The van der Waals surface area contributed by atoms with Crippen LogP contribution in [0, 0.1) is 17.0 Å². The van der Waals surface area contributed by atoms with E-state index in [1.165, 1.54) is 18.4 Å². The van der Waals surface area contributed by atoms with Crippen LogP contribution in [0.15, 0.2) is 45.5 Å². The van der Waals surface area contributed by atoms with Crippen molar-refractivity contribution in [2.75, 3.05) is 0 Å². The molecule has 7 heteroatoms. The second kappa shape index (κ2) is 4.61. The predicted octanol–water partition coefficient (Wildman–Crippen LogP) is 3.21. The number of benzene rings is 1. The van der Waals surface area contributed by atoms with Crippen LogP contribution in [-0.4, -0.2) is 15.1 Å². The lowest BCUT2D eigenvalue weighted by atomic mass is 10.2. The average molecular weight is 271 g/mol. The van der Waals surface area contributed by atoms with Gasteiger partial charge in [-0.3, -0.25) is 10.1 Å². The number of aryl methyl sites for hydroxylation is 1. The van der Waals surface area contributed by atoms with Crippen LogP contribution in [0.3, 0.4) is 0 Å². The molecule has 0 spiro atoms. The molecule has 2 aromatic heterocycles. The summed E-state index contributed by atoms with van der Waals surface area (Å²) >= 11 is 0. The molecule has 0 saturated heterocycles. The summed E-state index contributed by atoms with van der Waals surface area (Å²) in [6.45, 7) is 1.78. The van der Waals surface area contributed by atoms with E-state index in [4.69, 9.17) is 8.94 Å². The summed E-state index contributed by atoms with van der Waals surface area (Å²) in [5.41, 5.74) is 1.21. The number of nitro benzene ring substituents is 1. The minimum Gasteiger partial charge on any atom is -0.469 e. The Morgan fingerprint density at radius 3 is 2.85 bits per heavy atom. The van der Waals surface area contributed by atoms with E-state index in [1.54, 1.807) is 25.1 Å². The van der Waals surface area contributed by atoms with Crippen molar-refractivity contribution in [2.45, 2.75) is 6.92 Å². The van der Waals surface area contributed by atoms with Crippen LogP contribution in [0.4, 0.5) is 5.69 Å². The predicted molar refractivity (Wildman–Crippen MR) is 68.8 cm³/mol. The molecule has 0 fully saturated rings. The van der Waals surface area contributed by atoms with Gasteiger partial charge in [-0.2, -0.15) is 4.98 Å². The number of hydrogen-bond acceptors (Lipinski definition) is 6. The highest BCUT2D eigenvalue weighted by Gasteiger charge is 2.15. The molecule has 2 heterocycles. The second-order valence-electron chi connectivity index (χ2n) is 4.12. The SMILES string of the molecule is Cc1occc1-c1nc(-c2cccc([N+](=O)[O-])c2)no1.